The molecule has 0 spiro atoms. The van der Waals surface area contributed by atoms with E-state index < -0.39 is 18.2 Å². The number of imidazole rings is 2. The average molecular weight is 817 g/mol. The van der Waals surface area contributed by atoms with Gasteiger partial charge in [0.2, 0.25) is 5.91 Å². The summed E-state index contributed by atoms with van der Waals surface area (Å²) in [7, 11) is 2.56. The van der Waals surface area contributed by atoms with Crippen molar-refractivity contribution in [3.63, 3.8) is 0 Å². The Morgan fingerprint density at radius 1 is 0.717 bits per heavy atom. The number of carbonyl (C=O) groups excluding carboxylic acids is 4. The van der Waals surface area contributed by atoms with E-state index in [1.807, 2.05) is 45.0 Å². The van der Waals surface area contributed by atoms with Crippen molar-refractivity contribution in [3.8, 4) is 33.6 Å². The van der Waals surface area contributed by atoms with Crippen LogP contribution in [0.1, 0.15) is 126 Å². The molecule has 0 radical (unpaired) electrons. The zero-order valence-electron chi connectivity index (χ0n) is 35.4. The van der Waals surface area contributed by atoms with E-state index in [4.69, 9.17) is 19.4 Å². The Morgan fingerprint density at radius 2 is 1.27 bits per heavy atom. The van der Waals surface area contributed by atoms with Gasteiger partial charge in [-0.25, -0.2) is 19.6 Å². The first kappa shape index (κ1) is 41.0. The lowest BCUT2D eigenvalue weighted by Crippen LogP contribution is -2.51. The van der Waals surface area contributed by atoms with Crippen molar-refractivity contribution >= 4 is 29.7 Å². The number of nitrogens with zero attached hydrogens (tertiary/aromatic N) is 5. The molecule has 3 fully saturated rings. The summed E-state index contributed by atoms with van der Waals surface area (Å²) >= 11 is 0. The molecule has 4 amide bonds. The van der Waals surface area contributed by atoms with Crippen LogP contribution in [-0.2, 0) is 19.1 Å². The number of aromatic nitrogens is 4. The third-order valence-corrected chi connectivity index (χ3v) is 13.0. The number of methoxy groups -OCH3 is 2. The molecule has 2 aromatic carbocycles. The Kier molecular flexibility index (Phi) is 11.6. The van der Waals surface area contributed by atoms with Gasteiger partial charge in [0, 0.05) is 24.6 Å². The van der Waals surface area contributed by atoms with Gasteiger partial charge in [0.25, 0.3) is 5.91 Å². The van der Waals surface area contributed by atoms with E-state index in [-0.39, 0.29) is 41.4 Å². The van der Waals surface area contributed by atoms with Gasteiger partial charge in [-0.3, -0.25) is 9.59 Å². The van der Waals surface area contributed by atoms with E-state index >= 15 is 0 Å². The fourth-order valence-electron chi connectivity index (χ4n) is 10.0. The van der Waals surface area contributed by atoms with Crippen molar-refractivity contribution in [2.75, 3.05) is 27.3 Å². The molecule has 14 nitrogen and oxygen atoms in total. The highest BCUT2D eigenvalue weighted by Gasteiger charge is 2.40. The quantitative estimate of drug-likeness (QED) is 0.134. The van der Waals surface area contributed by atoms with Gasteiger partial charge in [-0.2, -0.15) is 4.99 Å². The number of benzene rings is 2. The molecule has 5 aliphatic rings. The molecular weight excluding hydrogens is 761 g/mol. The van der Waals surface area contributed by atoms with Gasteiger partial charge in [0.05, 0.1) is 50.1 Å². The number of amides is 4. The first-order chi connectivity index (χ1) is 29.0. The van der Waals surface area contributed by atoms with Crippen LogP contribution in [-0.4, -0.2) is 92.8 Å². The summed E-state index contributed by atoms with van der Waals surface area (Å²) in [4.78, 5) is 75.8. The van der Waals surface area contributed by atoms with Crippen molar-refractivity contribution in [1.29, 1.82) is 0 Å². The lowest BCUT2D eigenvalue weighted by atomic mass is 9.64. The second-order valence-electron chi connectivity index (χ2n) is 17.3. The van der Waals surface area contributed by atoms with Crippen LogP contribution in [0.5, 0.6) is 0 Å². The normalized spacial score (nSPS) is 21.7. The van der Waals surface area contributed by atoms with Gasteiger partial charge in [-0.15, -0.1) is 0 Å². The van der Waals surface area contributed by atoms with E-state index in [0.717, 1.165) is 54.0 Å². The van der Waals surface area contributed by atoms with Crippen molar-refractivity contribution < 1.29 is 28.7 Å². The van der Waals surface area contributed by atoms with Crippen LogP contribution in [0.2, 0.25) is 0 Å². The molecule has 2 aliphatic heterocycles. The van der Waals surface area contributed by atoms with Crippen LogP contribution < -0.4 is 5.32 Å². The molecule has 1 unspecified atom stereocenters. The SMILES string of the molecule is COC(=O)/N=C(/C(=O)N1CCC[C@H]1c1ncc(-c2ccc(-c3ccc(-c4cnc([C@@H]5CCCN5C(=O)C(NC(=O)OC)C(C)C)[nH]4)c4c3C3CCC4CC3)cc2)[nH]1)C(C)C. The number of aromatic amines is 2. The number of aliphatic imine (C=N–C) groups is 1. The highest BCUT2D eigenvalue weighted by atomic mass is 16.5. The number of nitrogens with one attached hydrogen (secondary N) is 3. The summed E-state index contributed by atoms with van der Waals surface area (Å²) < 4.78 is 9.53. The van der Waals surface area contributed by atoms with Crippen molar-refractivity contribution in [2.24, 2.45) is 16.8 Å². The minimum Gasteiger partial charge on any atom is -0.453 e. The molecule has 4 aromatic rings. The Labute approximate surface area is 350 Å². The third-order valence-electron chi connectivity index (χ3n) is 13.0. The van der Waals surface area contributed by atoms with E-state index in [9.17, 15) is 19.2 Å². The molecule has 2 aromatic heterocycles. The molecule has 2 bridgehead atoms. The molecule has 9 rings (SSSR count). The van der Waals surface area contributed by atoms with Gasteiger partial charge >= 0.3 is 12.2 Å². The Bertz CT molecular complexity index is 2280. The number of hydrogen-bond donors (Lipinski definition) is 3. The first-order valence-electron chi connectivity index (χ1n) is 21.5. The summed E-state index contributed by atoms with van der Waals surface area (Å²) in [5, 5.41) is 2.74. The Hall–Kier alpha value is -5.79. The minimum absolute atomic E-state index is 0.104. The number of rotatable bonds is 10. The lowest BCUT2D eigenvalue weighted by molar-refractivity contribution is -0.135. The molecule has 2 saturated heterocycles. The molecule has 316 valence electrons. The highest BCUT2D eigenvalue weighted by Crippen LogP contribution is 2.55. The number of likely N-dealkylation sites (tertiary alicyclic amines) is 2. The molecule has 3 N–H and O–H groups in total. The highest BCUT2D eigenvalue weighted by molar-refractivity contribution is 6.40. The van der Waals surface area contributed by atoms with E-state index in [1.165, 1.54) is 62.2 Å². The molecule has 3 atom stereocenters. The topological polar surface area (TPSA) is 175 Å². The van der Waals surface area contributed by atoms with Crippen LogP contribution in [0.3, 0.4) is 0 Å². The lowest BCUT2D eigenvalue weighted by Gasteiger charge is -2.41. The van der Waals surface area contributed by atoms with Gasteiger partial charge in [-0.05, 0) is 96.9 Å². The zero-order valence-corrected chi connectivity index (χ0v) is 35.4. The standard InChI is InChI=1S/C46H56N8O6/c1-25(2)39(51-45(57)59-5)43(55)53-21-7-9-35(53)41-47-23-33(49-41)28-13-11-27(12-14-28)31-19-20-32(38-30-17-15-29(16-18-30)37(31)38)34-24-48-42(50-34)36-10-8-22-54(36)44(56)40(26(3)4)52-46(58)60-6/h11-14,19-20,23-26,29-30,35-36,40H,7-10,15-18,21-22H2,1-6H3,(H,47,49)(H,48,50)(H,52,58)/b51-39+/t29?,30?,35-,36-,40?/m0/s1. The summed E-state index contributed by atoms with van der Waals surface area (Å²) in [5.41, 5.74) is 9.50. The maximum atomic E-state index is 13.8. The fourth-order valence-corrected chi connectivity index (χ4v) is 10.0. The first-order valence-corrected chi connectivity index (χ1v) is 21.5. The van der Waals surface area contributed by atoms with Crippen LogP contribution in [0, 0.1) is 11.8 Å². The second kappa shape index (κ2) is 17.1. The van der Waals surface area contributed by atoms with Gasteiger partial charge in [-0.1, -0.05) is 64.1 Å². The molecular formula is C46H56N8O6. The fraction of sp³-hybridized carbons (Fsp3) is 0.500. The van der Waals surface area contributed by atoms with Crippen molar-refractivity contribution in [1.82, 2.24) is 35.1 Å². The summed E-state index contributed by atoms with van der Waals surface area (Å²) in [6.07, 6.45) is 10.3. The number of hydrogen-bond acceptors (Lipinski definition) is 8. The average Bonchev–Trinajstić information content (AvgIpc) is 4.11. The number of ether oxygens (including phenoxy) is 2. The van der Waals surface area contributed by atoms with Crippen molar-refractivity contribution in [3.05, 3.63) is 71.6 Å². The number of carbonyl (C=O) groups is 4. The second-order valence-corrected chi connectivity index (χ2v) is 17.3. The van der Waals surface area contributed by atoms with Gasteiger partial charge in [0.1, 0.15) is 23.4 Å². The van der Waals surface area contributed by atoms with Crippen LogP contribution >= 0.6 is 0 Å². The zero-order chi connectivity index (χ0) is 42.2. The van der Waals surface area contributed by atoms with Crippen molar-refractivity contribution in [2.45, 2.75) is 109 Å². The molecule has 1 saturated carbocycles. The largest absolute Gasteiger partial charge is 0.453 e. The van der Waals surface area contributed by atoms with Crippen LogP contribution in [0.4, 0.5) is 9.59 Å². The smallest absolute Gasteiger partial charge is 0.433 e. The van der Waals surface area contributed by atoms with E-state index in [0.29, 0.717) is 30.7 Å². The monoisotopic (exact) mass is 816 g/mol. The predicted octanol–water partition coefficient (Wildman–Crippen LogP) is 8.46. The minimum atomic E-state index is -0.780. The van der Waals surface area contributed by atoms with Gasteiger partial charge < -0.3 is 34.6 Å². The summed E-state index contributed by atoms with van der Waals surface area (Å²) in [6.45, 7) is 8.70. The Morgan fingerprint density at radius 3 is 1.87 bits per heavy atom. The Balaban J connectivity index is 1.03. The molecule has 3 aliphatic carbocycles. The summed E-state index contributed by atoms with van der Waals surface area (Å²) in [6, 6.07) is 12.0. The number of fused-ring (bicyclic) bond motifs is 2. The number of alkyl carbamates (subject to hydrolysis) is 1. The maximum absolute atomic E-state index is 13.8. The van der Waals surface area contributed by atoms with E-state index in [2.05, 4.69) is 56.7 Å². The predicted molar refractivity (Wildman–Crippen MR) is 227 cm³/mol. The van der Waals surface area contributed by atoms with E-state index in [1.54, 1.807) is 4.90 Å². The van der Waals surface area contributed by atoms with Crippen LogP contribution in [0.25, 0.3) is 33.6 Å². The molecule has 60 heavy (non-hydrogen) atoms. The number of H-pyrrole nitrogens is 2. The molecule has 14 heteroatoms. The van der Waals surface area contributed by atoms with Gasteiger partial charge in [0.15, 0.2) is 0 Å². The third kappa shape index (κ3) is 7.72. The maximum Gasteiger partial charge on any atom is 0.433 e. The molecule has 4 heterocycles. The van der Waals surface area contributed by atoms with Crippen LogP contribution in [0.15, 0.2) is 53.8 Å². The summed E-state index contributed by atoms with van der Waals surface area (Å²) in [5.74, 6) is 1.71.